The summed E-state index contributed by atoms with van der Waals surface area (Å²) in [5, 5.41) is 3.80. The Balaban J connectivity index is 1.52. The second kappa shape index (κ2) is 9.34. The summed E-state index contributed by atoms with van der Waals surface area (Å²) in [6, 6.07) is 0. The molecule has 1 saturated heterocycles. The molecule has 2 aliphatic carbocycles. The molecule has 0 spiro atoms. The zero-order valence-corrected chi connectivity index (χ0v) is 16.6. The molecule has 0 aromatic heterocycles. The smallest absolute Gasteiger partial charge is 0.0335 e. The number of allylic oxidation sites excluding steroid dienone is 2. The maximum atomic E-state index is 3.80. The van der Waals surface area contributed by atoms with Crippen LogP contribution < -0.4 is 5.32 Å². The minimum absolute atomic E-state index is 0.434. The molecule has 0 aromatic carbocycles. The van der Waals surface area contributed by atoms with Crippen molar-refractivity contribution in [3.05, 3.63) is 23.8 Å². The van der Waals surface area contributed by atoms with Gasteiger partial charge in [0, 0.05) is 44.8 Å². The Kier molecular flexibility index (Phi) is 7.15. The normalized spacial score (nSPS) is 25.3. The number of hydrogen-bond donors (Lipinski definition) is 1. The second-order valence-electron chi connectivity index (χ2n) is 8.83. The summed E-state index contributed by atoms with van der Waals surface area (Å²) >= 11 is 0. The van der Waals surface area contributed by atoms with E-state index in [4.69, 9.17) is 0 Å². The minimum atomic E-state index is 0.434. The fraction of sp³-hybridized carbons (Fsp3) is 0.818. The van der Waals surface area contributed by atoms with Crippen molar-refractivity contribution in [1.82, 2.24) is 15.1 Å². The van der Waals surface area contributed by atoms with Crippen LogP contribution in [-0.4, -0.2) is 61.2 Å². The molecule has 1 heterocycles. The first-order valence-electron chi connectivity index (χ1n) is 10.7. The number of hydrogen-bond acceptors (Lipinski definition) is 3. The standard InChI is InChI=1S/C22H39N3/c1-20(2)17-23-19-22(11-7-4-8-12-22)25-15-13-24(14-16-25)18-21-9-5-3-6-10-21/h5,9-10,20,23H,3-4,6-8,11-19H2,1-2H3. The maximum absolute atomic E-state index is 3.80. The monoisotopic (exact) mass is 345 g/mol. The van der Waals surface area contributed by atoms with Crippen molar-refractivity contribution in [2.75, 3.05) is 45.8 Å². The number of nitrogens with one attached hydrogen (secondary N) is 1. The van der Waals surface area contributed by atoms with E-state index in [1.807, 2.05) is 0 Å². The van der Waals surface area contributed by atoms with Crippen LogP contribution in [0, 0.1) is 5.92 Å². The molecule has 0 atom stereocenters. The van der Waals surface area contributed by atoms with E-state index in [-0.39, 0.29) is 0 Å². The predicted molar refractivity (Wildman–Crippen MR) is 108 cm³/mol. The summed E-state index contributed by atoms with van der Waals surface area (Å²) in [7, 11) is 0. The van der Waals surface area contributed by atoms with Crippen LogP contribution in [0.3, 0.4) is 0 Å². The van der Waals surface area contributed by atoms with Crippen LogP contribution in [-0.2, 0) is 0 Å². The lowest BCUT2D eigenvalue weighted by Gasteiger charge is -2.50. The van der Waals surface area contributed by atoms with Gasteiger partial charge in [0.15, 0.2) is 0 Å². The van der Waals surface area contributed by atoms with Crippen LogP contribution in [0.25, 0.3) is 0 Å². The number of rotatable bonds is 7. The summed E-state index contributed by atoms with van der Waals surface area (Å²) in [5.74, 6) is 0.745. The van der Waals surface area contributed by atoms with Crippen LogP contribution in [0.15, 0.2) is 23.8 Å². The lowest BCUT2D eigenvalue weighted by molar-refractivity contribution is 0.00977. The summed E-state index contributed by atoms with van der Waals surface area (Å²) < 4.78 is 0. The summed E-state index contributed by atoms with van der Waals surface area (Å²) in [5.41, 5.74) is 1.97. The molecule has 25 heavy (non-hydrogen) atoms. The molecule has 0 unspecified atom stereocenters. The van der Waals surface area contributed by atoms with Crippen molar-refractivity contribution in [2.24, 2.45) is 5.92 Å². The molecular weight excluding hydrogens is 306 g/mol. The molecule has 1 N–H and O–H groups in total. The van der Waals surface area contributed by atoms with Crippen LogP contribution in [0.4, 0.5) is 0 Å². The van der Waals surface area contributed by atoms with Crippen molar-refractivity contribution < 1.29 is 0 Å². The van der Waals surface area contributed by atoms with Crippen molar-refractivity contribution in [1.29, 1.82) is 0 Å². The summed E-state index contributed by atoms with van der Waals surface area (Å²) in [6.45, 7) is 13.1. The molecule has 0 aromatic rings. The first-order valence-corrected chi connectivity index (χ1v) is 10.7. The van der Waals surface area contributed by atoms with Crippen molar-refractivity contribution >= 4 is 0 Å². The predicted octanol–water partition coefficient (Wildman–Crippen LogP) is 3.83. The first-order chi connectivity index (χ1) is 12.2. The van der Waals surface area contributed by atoms with E-state index >= 15 is 0 Å². The van der Waals surface area contributed by atoms with Crippen LogP contribution in [0.5, 0.6) is 0 Å². The van der Waals surface area contributed by atoms with E-state index in [2.05, 4.69) is 47.2 Å². The van der Waals surface area contributed by atoms with E-state index in [1.54, 1.807) is 0 Å². The molecule has 142 valence electrons. The highest BCUT2D eigenvalue weighted by Crippen LogP contribution is 2.34. The number of piperazine rings is 1. The van der Waals surface area contributed by atoms with Crippen molar-refractivity contribution in [3.8, 4) is 0 Å². The Bertz CT molecular complexity index is 452. The Labute approximate surface area is 155 Å². The van der Waals surface area contributed by atoms with E-state index in [9.17, 15) is 0 Å². The van der Waals surface area contributed by atoms with Crippen LogP contribution >= 0.6 is 0 Å². The van der Waals surface area contributed by atoms with Crippen molar-refractivity contribution in [3.63, 3.8) is 0 Å². The SMILES string of the molecule is CC(C)CNCC1(N2CCN(CC3=CCCC=C3)CC2)CCCCC1. The molecule has 1 saturated carbocycles. The fourth-order valence-corrected chi connectivity index (χ4v) is 4.83. The largest absolute Gasteiger partial charge is 0.315 e. The molecule has 1 aliphatic heterocycles. The van der Waals surface area contributed by atoms with Crippen LogP contribution in [0.1, 0.15) is 58.8 Å². The number of nitrogens with zero attached hydrogens (tertiary/aromatic N) is 2. The average Bonchev–Trinajstić information content (AvgIpc) is 2.64. The highest BCUT2D eigenvalue weighted by Gasteiger charge is 2.38. The van der Waals surface area contributed by atoms with Crippen molar-refractivity contribution in [2.45, 2.75) is 64.3 Å². The Morgan fingerprint density at radius 3 is 2.44 bits per heavy atom. The van der Waals surface area contributed by atoms with Gasteiger partial charge in [0.1, 0.15) is 0 Å². The third kappa shape index (κ3) is 5.42. The van der Waals surface area contributed by atoms with E-state index in [0.717, 1.165) is 19.0 Å². The molecular formula is C22H39N3. The van der Waals surface area contributed by atoms with Gasteiger partial charge in [0.2, 0.25) is 0 Å². The van der Waals surface area contributed by atoms with E-state index in [0.29, 0.717) is 5.54 Å². The Hall–Kier alpha value is -0.640. The van der Waals surface area contributed by atoms with Gasteiger partial charge in [0.25, 0.3) is 0 Å². The third-order valence-electron chi connectivity index (χ3n) is 6.31. The van der Waals surface area contributed by atoms with Gasteiger partial charge < -0.3 is 5.32 Å². The van der Waals surface area contributed by atoms with Gasteiger partial charge in [-0.25, -0.2) is 0 Å². The second-order valence-corrected chi connectivity index (χ2v) is 8.83. The highest BCUT2D eigenvalue weighted by atomic mass is 15.3. The van der Waals surface area contributed by atoms with Crippen LogP contribution in [0.2, 0.25) is 0 Å². The zero-order chi connectivity index (χ0) is 17.5. The van der Waals surface area contributed by atoms with Gasteiger partial charge in [-0.05, 0) is 43.7 Å². The molecule has 3 nitrogen and oxygen atoms in total. The molecule has 3 heteroatoms. The minimum Gasteiger partial charge on any atom is -0.315 e. The zero-order valence-electron chi connectivity index (χ0n) is 16.6. The third-order valence-corrected chi connectivity index (χ3v) is 6.31. The lowest BCUT2D eigenvalue weighted by atomic mass is 9.79. The molecule has 0 radical (unpaired) electrons. The molecule has 3 aliphatic rings. The van der Waals surface area contributed by atoms with Gasteiger partial charge in [0.05, 0.1) is 0 Å². The average molecular weight is 346 g/mol. The maximum Gasteiger partial charge on any atom is 0.0335 e. The topological polar surface area (TPSA) is 18.5 Å². The van der Waals surface area contributed by atoms with E-state index < -0.39 is 0 Å². The summed E-state index contributed by atoms with van der Waals surface area (Å²) in [6.07, 6.45) is 16.6. The quantitative estimate of drug-likeness (QED) is 0.756. The van der Waals surface area contributed by atoms with Gasteiger partial charge in [-0.2, -0.15) is 0 Å². The van der Waals surface area contributed by atoms with Gasteiger partial charge in [-0.1, -0.05) is 51.3 Å². The molecule has 0 amide bonds. The first kappa shape index (κ1) is 19.1. The Morgan fingerprint density at radius 2 is 1.80 bits per heavy atom. The lowest BCUT2D eigenvalue weighted by Crippen LogP contribution is -2.61. The van der Waals surface area contributed by atoms with Gasteiger partial charge >= 0.3 is 0 Å². The Morgan fingerprint density at radius 1 is 1.04 bits per heavy atom. The molecule has 0 bridgehead atoms. The van der Waals surface area contributed by atoms with Gasteiger partial charge in [-0.15, -0.1) is 0 Å². The summed E-state index contributed by atoms with van der Waals surface area (Å²) in [4.78, 5) is 5.51. The van der Waals surface area contributed by atoms with E-state index in [1.165, 1.54) is 83.2 Å². The fourth-order valence-electron chi connectivity index (χ4n) is 4.83. The molecule has 3 rings (SSSR count). The molecule has 2 fully saturated rings. The van der Waals surface area contributed by atoms with Gasteiger partial charge in [-0.3, -0.25) is 9.80 Å². The highest BCUT2D eigenvalue weighted by molar-refractivity contribution is 5.23.